The summed E-state index contributed by atoms with van der Waals surface area (Å²) in [5.74, 6) is 0.148. The first-order chi connectivity index (χ1) is 6.73. The second kappa shape index (κ2) is 4.38. The molecule has 0 bridgehead atoms. The van der Waals surface area contributed by atoms with Gasteiger partial charge in [-0.25, -0.2) is 0 Å². The number of aryl methyl sites for hydroxylation is 1. The van der Waals surface area contributed by atoms with Gasteiger partial charge in [0.15, 0.2) is 5.78 Å². The molecule has 0 saturated heterocycles. The summed E-state index contributed by atoms with van der Waals surface area (Å²) in [5, 5.41) is 0. The molecule has 1 nitrogen and oxygen atoms in total. The maximum atomic E-state index is 12.1. The minimum absolute atomic E-state index is 0.148. The summed E-state index contributed by atoms with van der Waals surface area (Å²) < 4.78 is 1.83. The number of hydrogen-bond acceptors (Lipinski definition) is 1. The predicted molar refractivity (Wildman–Crippen MR) is 70.4 cm³/mol. The molecule has 0 amide bonds. The average molecular weight is 334 g/mol. The molecule has 0 radical (unpaired) electrons. The Hall–Kier alpha value is -0.150. The highest BCUT2D eigenvalue weighted by Crippen LogP contribution is 2.30. The topological polar surface area (TPSA) is 17.1 Å². The minimum atomic E-state index is -0.350. The van der Waals surface area contributed by atoms with Crippen LogP contribution >= 0.6 is 31.9 Å². The molecular weight excluding hydrogens is 320 g/mol. The molecule has 0 fully saturated rings. The van der Waals surface area contributed by atoms with Gasteiger partial charge in [0.05, 0.1) is 0 Å². The van der Waals surface area contributed by atoms with Crippen LogP contribution in [0, 0.1) is 12.3 Å². The number of carbonyl (C=O) groups is 1. The van der Waals surface area contributed by atoms with Gasteiger partial charge in [0.2, 0.25) is 0 Å². The fourth-order valence-corrected chi connectivity index (χ4v) is 2.21. The molecule has 1 aromatic rings. The van der Waals surface area contributed by atoms with Gasteiger partial charge < -0.3 is 0 Å². The van der Waals surface area contributed by atoms with Gasteiger partial charge in [-0.2, -0.15) is 0 Å². The fraction of sp³-hybridized carbons (Fsp3) is 0.417. The Morgan fingerprint density at radius 1 is 1.13 bits per heavy atom. The molecule has 0 N–H and O–H groups in total. The van der Waals surface area contributed by atoms with E-state index in [-0.39, 0.29) is 11.2 Å². The molecule has 15 heavy (non-hydrogen) atoms. The summed E-state index contributed by atoms with van der Waals surface area (Å²) in [6, 6.07) is 3.84. The van der Waals surface area contributed by atoms with Crippen LogP contribution in [0.4, 0.5) is 0 Å². The third-order valence-corrected chi connectivity index (χ3v) is 3.68. The minimum Gasteiger partial charge on any atom is -0.294 e. The van der Waals surface area contributed by atoms with E-state index in [2.05, 4.69) is 31.9 Å². The normalized spacial score (nSPS) is 11.6. The lowest BCUT2D eigenvalue weighted by molar-refractivity contribution is 0.0857. The zero-order valence-corrected chi connectivity index (χ0v) is 12.5. The lowest BCUT2D eigenvalue weighted by Crippen LogP contribution is -2.20. The number of benzene rings is 1. The number of hydrogen-bond donors (Lipinski definition) is 0. The van der Waals surface area contributed by atoms with Gasteiger partial charge >= 0.3 is 0 Å². The van der Waals surface area contributed by atoms with Gasteiger partial charge in [-0.05, 0) is 24.6 Å². The lowest BCUT2D eigenvalue weighted by Gasteiger charge is -2.18. The summed E-state index contributed by atoms with van der Waals surface area (Å²) in [6.07, 6.45) is 0. The van der Waals surface area contributed by atoms with Crippen LogP contribution in [-0.2, 0) is 0 Å². The number of halogens is 2. The third-order valence-electron chi connectivity index (χ3n) is 2.17. The van der Waals surface area contributed by atoms with Crippen LogP contribution in [-0.4, -0.2) is 5.78 Å². The Labute approximate surface area is 108 Å². The maximum Gasteiger partial charge on any atom is 0.169 e. The lowest BCUT2D eigenvalue weighted by atomic mass is 9.86. The number of ketones is 1. The number of Topliss-reactive ketones (excluding diaryl/α,β-unsaturated/α-hetero) is 1. The van der Waals surface area contributed by atoms with Crippen LogP contribution in [0.1, 0.15) is 36.7 Å². The SMILES string of the molecule is Cc1cc(Br)c(C(=O)C(C)(C)C)cc1Br. The van der Waals surface area contributed by atoms with Gasteiger partial charge in [0.1, 0.15) is 0 Å². The maximum absolute atomic E-state index is 12.1. The van der Waals surface area contributed by atoms with Crippen molar-refractivity contribution in [1.29, 1.82) is 0 Å². The second-order valence-corrected chi connectivity index (χ2v) is 6.37. The Morgan fingerprint density at radius 2 is 1.67 bits per heavy atom. The van der Waals surface area contributed by atoms with E-state index in [1.54, 1.807) is 0 Å². The van der Waals surface area contributed by atoms with Crippen molar-refractivity contribution in [1.82, 2.24) is 0 Å². The van der Waals surface area contributed by atoms with Crippen LogP contribution in [0.2, 0.25) is 0 Å². The molecule has 0 aliphatic carbocycles. The molecule has 0 heterocycles. The monoisotopic (exact) mass is 332 g/mol. The molecule has 0 atom stereocenters. The first-order valence-electron chi connectivity index (χ1n) is 4.74. The Balaban J connectivity index is 3.28. The highest BCUT2D eigenvalue weighted by Gasteiger charge is 2.25. The summed E-state index contributed by atoms with van der Waals surface area (Å²) in [4.78, 5) is 12.1. The van der Waals surface area contributed by atoms with E-state index in [4.69, 9.17) is 0 Å². The average Bonchev–Trinajstić information content (AvgIpc) is 2.08. The highest BCUT2D eigenvalue weighted by molar-refractivity contribution is 9.11. The largest absolute Gasteiger partial charge is 0.294 e. The van der Waals surface area contributed by atoms with E-state index in [9.17, 15) is 4.79 Å². The van der Waals surface area contributed by atoms with Crippen LogP contribution in [0.25, 0.3) is 0 Å². The first-order valence-corrected chi connectivity index (χ1v) is 6.32. The van der Waals surface area contributed by atoms with Crippen LogP contribution in [0.3, 0.4) is 0 Å². The summed E-state index contributed by atoms with van der Waals surface area (Å²) in [5.41, 5.74) is 1.50. The molecule has 0 aromatic heterocycles. The molecule has 0 spiro atoms. The van der Waals surface area contributed by atoms with Crippen LogP contribution in [0.5, 0.6) is 0 Å². The van der Waals surface area contributed by atoms with Crippen molar-refractivity contribution in [3.8, 4) is 0 Å². The summed E-state index contributed by atoms with van der Waals surface area (Å²) in [6.45, 7) is 7.78. The first kappa shape index (κ1) is 12.9. The van der Waals surface area contributed by atoms with Crippen molar-refractivity contribution in [2.45, 2.75) is 27.7 Å². The fourth-order valence-electron chi connectivity index (χ4n) is 1.22. The standard InChI is InChI=1S/C12H14Br2O/c1-7-5-10(14)8(6-9(7)13)11(15)12(2,3)4/h5-6H,1-4H3. The quantitative estimate of drug-likeness (QED) is 0.678. The molecule has 1 rings (SSSR count). The van der Waals surface area contributed by atoms with Crippen molar-refractivity contribution >= 4 is 37.6 Å². The van der Waals surface area contributed by atoms with Gasteiger partial charge in [-0.15, -0.1) is 0 Å². The van der Waals surface area contributed by atoms with Crippen LogP contribution in [0.15, 0.2) is 21.1 Å². The number of rotatable bonds is 1. The smallest absolute Gasteiger partial charge is 0.169 e. The summed E-state index contributed by atoms with van der Waals surface area (Å²) >= 11 is 6.87. The van der Waals surface area contributed by atoms with Crippen molar-refractivity contribution in [2.75, 3.05) is 0 Å². The highest BCUT2D eigenvalue weighted by atomic mass is 79.9. The van der Waals surface area contributed by atoms with E-state index in [1.807, 2.05) is 39.8 Å². The zero-order chi connectivity index (χ0) is 11.8. The number of carbonyl (C=O) groups excluding carboxylic acids is 1. The van der Waals surface area contributed by atoms with E-state index >= 15 is 0 Å². The second-order valence-electron chi connectivity index (χ2n) is 4.66. The van der Waals surface area contributed by atoms with Crippen molar-refractivity contribution < 1.29 is 4.79 Å². The molecule has 0 unspecified atom stereocenters. The van der Waals surface area contributed by atoms with Crippen molar-refractivity contribution in [3.63, 3.8) is 0 Å². The molecule has 3 heteroatoms. The molecule has 0 aliphatic heterocycles. The van der Waals surface area contributed by atoms with Gasteiger partial charge in [0, 0.05) is 19.9 Å². The Kier molecular flexibility index (Phi) is 3.77. The van der Waals surface area contributed by atoms with Gasteiger partial charge in [-0.1, -0.05) is 52.6 Å². The molecular formula is C12H14Br2O. The molecule has 0 aliphatic rings. The molecule has 0 saturated carbocycles. The van der Waals surface area contributed by atoms with Gasteiger partial charge in [-0.3, -0.25) is 4.79 Å². The van der Waals surface area contributed by atoms with E-state index in [0.29, 0.717) is 0 Å². The van der Waals surface area contributed by atoms with Crippen molar-refractivity contribution in [2.24, 2.45) is 5.41 Å². The van der Waals surface area contributed by atoms with Crippen molar-refractivity contribution in [3.05, 3.63) is 32.2 Å². The van der Waals surface area contributed by atoms with Crippen LogP contribution < -0.4 is 0 Å². The predicted octanol–water partition coefficient (Wildman–Crippen LogP) is 4.75. The van der Waals surface area contributed by atoms with E-state index in [1.165, 1.54) is 0 Å². The molecule has 1 aromatic carbocycles. The van der Waals surface area contributed by atoms with E-state index in [0.717, 1.165) is 20.1 Å². The summed E-state index contributed by atoms with van der Waals surface area (Å²) in [7, 11) is 0. The van der Waals surface area contributed by atoms with Gasteiger partial charge in [0.25, 0.3) is 0 Å². The Bertz CT molecular complexity index is 403. The Morgan fingerprint density at radius 3 is 2.13 bits per heavy atom. The van der Waals surface area contributed by atoms with E-state index < -0.39 is 0 Å². The third kappa shape index (κ3) is 2.91. The zero-order valence-electron chi connectivity index (χ0n) is 9.32. The molecule has 82 valence electrons.